The van der Waals surface area contributed by atoms with Crippen molar-refractivity contribution in [3.05, 3.63) is 206 Å². The van der Waals surface area contributed by atoms with Crippen LogP contribution >= 0.6 is 0 Å². The van der Waals surface area contributed by atoms with Gasteiger partial charge in [-0.1, -0.05) is 159 Å². The van der Waals surface area contributed by atoms with E-state index in [4.69, 9.17) is 14.4 Å². The summed E-state index contributed by atoms with van der Waals surface area (Å²) in [6.45, 7) is 4.60. The van der Waals surface area contributed by atoms with Crippen molar-refractivity contribution in [1.82, 2.24) is 14.4 Å². The van der Waals surface area contributed by atoms with Gasteiger partial charge in [-0.2, -0.15) is 0 Å². The van der Waals surface area contributed by atoms with Crippen molar-refractivity contribution in [2.75, 3.05) is 4.90 Å². The minimum atomic E-state index is -3.03. The summed E-state index contributed by atoms with van der Waals surface area (Å²) < 4.78 is 8.99. The van der Waals surface area contributed by atoms with E-state index in [-0.39, 0.29) is 5.41 Å². The van der Waals surface area contributed by atoms with Crippen molar-refractivity contribution < 1.29 is 4.42 Å². The first-order chi connectivity index (χ1) is 29.0. The summed E-state index contributed by atoms with van der Waals surface area (Å²) in [4.78, 5) is 12.7. The molecule has 7 aromatic carbocycles. The Morgan fingerprint density at radius 3 is 2.03 bits per heavy atom. The Morgan fingerprint density at radius 1 is 0.542 bits per heavy atom. The molecule has 0 unspecified atom stereocenters. The molecule has 0 saturated carbocycles. The van der Waals surface area contributed by atoms with E-state index in [1.807, 2.05) is 18.5 Å². The summed E-state index contributed by atoms with van der Waals surface area (Å²) in [5.74, 6) is 0.892. The van der Waals surface area contributed by atoms with Crippen LogP contribution in [0.25, 0.3) is 49.3 Å². The van der Waals surface area contributed by atoms with E-state index in [1.54, 1.807) is 0 Å². The first kappa shape index (κ1) is 33.8. The molecule has 4 aromatic heterocycles. The van der Waals surface area contributed by atoms with Crippen molar-refractivity contribution in [2.45, 2.75) is 19.3 Å². The molecular weight excluding hydrogens is 737 g/mol. The number of anilines is 3. The van der Waals surface area contributed by atoms with Gasteiger partial charge in [-0.3, -0.25) is 9.30 Å². The lowest BCUT2D eigenvalue weighted by Gasteiger charge is -2.41. The van der Waals surface area contributed by atoms with Crippen molar-refractivity contribution in [3.8, 4) is 0 Å². The van der Waals surface area contributed by atoms with Gasteiger partial charge in [0.25, 0.3) is 0 Å². The van der Waals surface area contributed by atoms with Gasteiger partial charge in [0, 0.05) is 56.8 Å². The third-order valence-corrected chi connectivity index (χ3v) is 17.5. The number of para-hydroxylation sites is 3. The molecule has 0 bridgehead atoms. The molecule has 0 radical (unpaired) electrons. The van der Waals surface area contributed by atoms with Crippen LogP contribution in [0.5, 0.6) is 0 Å². The van der Waals surface area contributed by atoms with Crippen LogP contribution in [0.2, 0.25) is 0 Å². The topological polar surface area (TPSA) is 46.6 Å². The van der Waals surface area contributed by atoms with Gasteiger partial charge in [-0.25, -0.2) is 9.97 Å². The maximum Gasteiger partial charge on any atom is 0.179 e. The first-order valence-corrected chi connectivity index (χ1v) is 22.2. The Balaban J connectivity index is 1.16. The highest BCUT2D eigenvalue weighted by atomic mass is 28.3. The van der Waals surface area contributed by atoms with Crippen LogP contribution in [0.3, 0.4) is 0 Å². The van der Waals surface area contributed by atoms with E-state index in [2.05, 4.69) is 199 Å². The molecule has 5 heterocycles. The van der Waals surface area contributed by atoms with Crippen LogP contribution in [0.15, 0.2) is 199 Å². The second-order valence-electron chi connectivity index (χ2n) is 16.2. The van der Waals surface area contributed by atoms with Gasteiger partial charge in [0.05, 0.1) is 11.2 Å². The fourth-order valence-corrected chi connectivity index (χ4v) is 15.0. The highest BCUT2D eigenvalue weighted by Crippen LogP contribution is 2.53. The van der Waals surface area contributed by atoms with Gasteiger partial charge in [0.15, 0.2) is 8.07 Å². The smallest absolute Gasteiger partial charge is 0.179 e. The molecule has 0 fully saturated rings. The first-order valence-electron chi connectivity index (χ1n) is 20.2. The molecule has 1 aliphatic heterocycles. The average Bonchev–Trinajstić information content (AvgIpc) is 3.94. The predicted octanol–water partition coefficient (Wildman–Crippen LogP) is 10.4. The molecule has 12 rings (SSSR count). The van der Waals surface area contributed by atoms with Crippen LogP contribution < -0.4 is 25.6 Å². The summed E-state index contributed by atoms with van der Waals surface area (Å²) in [5, 5.41) is 10.9. The number of fused-ring (bicyclic) bond motifs is 12. The Morgan fingerprint density at radius 2 is 1.22 bits per heavy atom. The highest BCUT2D eigenvalue weighted by molar-refractivity contribution is 7.20. The zero-order valence-electron chi connectivity index (χ0n) is 32.7. The third-order valence-electron chi connectivity index (χ3n) is 12.8. The Labute approximate surface area is 342 Å². The Kier molecular flexibility index (Phi) is 7.23. The second-order valence-corrected chi connectivity index (χ2v) is 20.0. The molecule has 1 aliphatic rings. The van der Waals surface area contributed by atoms with Crippen molar-refractivity contribution in [3.63, 3.8) is 0 Å². The molecular formula is C53H38N4OSi. The van der Waals surface area contributed by atoms with Gasteiger partial charge in [0.1, 0.15) is 22.6 Å². The molecule has 280 valence electrons. The van der Waals surface area contributed by atoms with E-state index >= 15 is 0 Å². The highest BCUT2D eigenvalue weighted by Gasteiger charge is 2.44. The van der Waals surface area contributed by atoms with E-state index in [1.165, 1.54) is 37.1 Å². The van der Waals surface area contributed by atoms with Gasteiger partial charge in [-0.15, -0.1) is 0 Å². The van der Waals surface area contributed by atoms with Crippen LogP contribution in [0.4, 0.5) is 17.2 Å². The molecule has 0 N–H and O–H groups in total. The lowest BCUT2D eigenvalue weighted by atomic mass is 9.74. The molecule has 0 saturated heterocycles. The summed E-state index contributed by atoms with van der Waals surface area (Å²) in [7, 11) is -3.03. The molecule has 6 heteroatoms. The largest absolute Gasteiger partial charge is 0.456 e. The molecule has 0 amide bonds. The quantitative estimate of drug-likeness (QED) is 0.0993. The number of rotatable bonds is 5. The molecule has 0 spiro atoms. The Bertz CT molecular complexity index is 3400. The molecule has 0 atom stereocenters. The number of pyridine rings is 2. The molecule has 0 aliphatic carbocycles. The van der Waals surface area contributed by atoms with Gasteiger partial charge < -0.3 is 4.42 Å². The predicted molar refractivity (Wildman–Crippen MR) is 246 cm³/mol. The number of hydrogen-bond acceptors (Lipinski definition) is 4. The van der Waals surface area contributed by atoms with E-state index < -0.39 is 8.07 Å². The van der Waals surface area contributed by atoms with Crippen molar-refractivity contribution >= 4 is 95.3 Å². The van der Waals surface area contributed by atoms with Gasteiger partial charge >= 0.3 is 0 Å². The van der Waals surface area contributed by atoms with Gasteiger partial charge in [-0.05, 0) is 62.0 Å². The zero-order chi connectivity index (χ0) is 39.3. The fraction of sp³-hybridized carbons (Fsp3) is 0.0566. The maximum absolute atomic E-state index is 6.76. The van der Waals surface area contributed by atoms with Crippen LogP contribution in [0.1, 0.15) is 25.0 Å². The number of aromatic nitrogens is 3. The third kappa shape index (κ3) is 4.72. The summed E-state index contributed by atoms with van der Waals surface area (Å²) in [5.41, 5.74) is 8.01. The van der Waals surface area contributed by atoms with Crippen molar-refractivity contribution in [1.29, 1.82) is 0 Å². The number of furan rings is 1. The van der Waals surface area contributed by atoms with E-state index in [0.717, 1.165) is 61.2 Å². The number of nitrogens with zero attached hydrogens (tertiary/aromatic N) is 4. The summed E-state index contributed by atoms with van der Waals surface area (Å²) >= 11 is 0. The SMILES string of the molecule is CC1(C)c2ccccc2N(c2cccc([Si](c3ccccc3)(c3ccccc3)c3ccc4c5ccccc5n5ccnc5c4c3)c2)c2ncc3c(oc4ccccc43)c21. The number of imidazole rings is 1. The van der Waals surface area contributed by atoms with Crippen LogP contribution in [-0.2, 0) is 5.41 Å². The van der Waals surface area contributed by atoms with Crippen molar-refractivity contribution in [2.24, 2.45) is 0 Å². The Hall–Kier alpha value is -7.28. The second kappa shape index (κ2) is 12.6. The molecule has 5 nitrogen and oxygen atoms in total. The van der Waals surface area contributed by atoms with Crippen LogP contribution in [-0.4, -0.2) is 22.4 Å². The normalized spacial score (nSPS) is 13.7. The number of hydrogen-bond donors (Lipinski definition) is 0. The minimum absolute atomic E-state index is 0.375. The van der Waals surface area contributed by atoms with Crippen LogP contribution in [0, 0.1) is 0 Å². The standard InChI is InChI=1S/C53H38N4OSi/c1-53(2)45-24-11-13-26-47(45)57(52-49(53)50-44(34-55-52)42-23-10-14-27-48(42)58-50)35-16-15-21-38(32-35)59(36-17-5-3-6-18-36,37-19-7-4-8-20-37)39-28-29-40-41-22-9-12-25-46(41)56-31-30-54-51(56)43(40)33-39/h3-34H,1-2H3. The van der Waals surface area contributed by atoms with Gasteiger partial charge in [0.2, 0.25) is 0 Å². The zero-order valence-corrected chi connectivity index (χ0v) is 33.7. The van der Waals surface area contributed by atoms with E-state index in [9.17, 15) is 0 Å². The molecule has 59 heavy (non-hydrogen) atoms. The maximum atomic E-state index is 6.76. The lowest BCUT2D eigenvalue weighted by molar-refractivity contribution is 0.599. The summed E-state index contributed by atoms with van der Waals surface area (Å²) in [6.07, 6.45) is 6.00. The minimum Gasteiger partial charge on any atom is -0.456 e. The monoisotopic (exact) mass is 774 g/mol. The average molecular weight is 775 g/mol. The fourth-order valence-electron chi connectivity index (χ4n) is 10.2. The number of benzene rings is 7. The molecule has 11 aromatic rings. The lowest BCUT2D eigenvalue weighted by Crippen LogP contribution is -2.74. The summed E-state index contributed by atoms with van der Waals surface area (Å²) in [6, 6.07) is 64.4. The van der Waals surface area contributed by atoms with E-state index in [0.29, 0.717) is 0 Å².